The van der Waals surface area contributed by atoms with Gasteiger partial charge >= 0.3 is 0 Å². The molecule has 0 spiro atoms. The maximum absolute atomic E-state index is 3.87. The van der Waals surface area contributed by atoms with Crippen LogP contribution in [0.15, 0.2) is 233 Å². The van der Waals surface area contributed by atoms with Crippen molar-refractivity contribution in [1.82, 2.24) is 90.6 Å². The molecule has 11 aromatic rings. The molecule has 1 atom stereocenters. The second-order valence-electron chi connectivity index (χ2n) is 22.0. The molecule has 684 valence electrons. The molecular weight excluding hydrogens is 1490 g/mol. The Morgan fingerprint density at radius 2 is 0.744 bits per heavy atom. The van der Waals surface area contributed by atoms with Crippen LogP contribution in [0.5, 0.6) is 0 Å². The molecule has 1 unspecified atom stereocenters. The normalized spacial score (nSPS) is 10.3. The van der Waals surface area contributed by atoms with Gasteiger partial charge in [-0.15, -0.1) is 15.3 Å². The van der Waals surface area contributed by atoms with Gasteiger partial charge < -0.3 is 0 Å². The van der Waals surface area contributed by atoms with Crippen molar-refractivity contribution in [3.05, 3.63) is 290 Å². The summed E-state index contributed by atoms with van der Waals surface area (Å²) in [7, 11) is 0. The Hall–Kier alpha value is -10.1. The monoisotopic (exact) mass is 1670 g/mol. The van der Waals surface area contributed by atoms with Crippen LogP contribution in [0.4, 0.5) is 0 Å². The van der Waals surface area contributed by atoms with Crippen LogP contribution in [-0.2, 0) is 6.42 Å². The zero-order chi connectivity index (χ0) is 95.8. The Kier molecular flexibility index (Phi) is 148. The maximum atomic E-state index is 3.87. The smallest absolute Gasteiger partial charge is 0.147 e. The van der Waals surface area contributed by atoms with Gasteiger partial charge in [0.25, 0.3) is 0 Å². The first kappa shape index (κ1) is 140. The van der Waals surface area contributed by atoms with Gasteiger partial charge in [0.05, 0.1) is 36.2 Å². The summed E-state index contributed by atoms with van der Waals surface area (Å²) in [6, 6.07) is 39.3. The molecule has 121 heavy (non-hydrogen) atoms. The third-order valence-corrected chi connectivity index (χ3v) is 12.6. The van der Waals surface area contributed by atoms with Crippen LogP contribution in [0.25, 0.3) is 10.8 Å². The predicted molar refractivity (Wildman–Crippen MR) is 536 cm³/mol. The van der Waals surface area contributed by atoms with Crippen LogP contribution in [-0.4, -0.2) is 90.6 Å². The third kappa shape index (κ3) is 121. The van der Waals surface area contributed by atoms with E-state index in [9.17, 15) is 0 Å². The molecule has 7 heterocycles. The van der Waals surface area contributed by atoms with Gasteiger partial charge in [-0.2, -0.15) is 25.5 Å². The highest BCUT2D eigenvalue weighted by atomic mass is 15.1. The van der Waals surface area contributed by atoms with Crippen LogP contribution in [0, 0.1) is 86.0 Å². The lowest BCUT2D eigenvalue weighted by molar-refractivity contribution is 0.346. The molecule has 7 aromatic heterocycles. The second-order valence-corrected chi connectivity index (χ2v) is 22.0. The van der Waals surface area contributed by atoms with Crippen molar-refractivity contribution in [2.75, 3.05) is 0 Å². The lowest BCUT2D eigenvalue weighted by atomic mass is 9.88. The number of allylic oxidation sites excluding steroid dienone is 4. The van der Waals surface area contributed by atoms with E-state index in [0.717, 1.165) is 64.1 Å². The number of aryl methyl sites for hydroxylation is 10. The summed E-state index contributed by atoms with van der Waals surface area (Å²) in [6.45, 7) is 84.6. The van der Waals surface area contributed by atoms with Crippen molar-refractivity contribution in [3.63, 3.8) is 0 Å². The second kappa shape index (κ2) is 128. The van der Waals surface area contributed by atoms with Crippen molar-refractivity contribution in [1.29, 1.82) is 0 Å². The topological polar surface area (TPSA) is 232 Å². The Morgan fingerprint density at radius 3 is 0.967 bits per heavy atom. The summed E-state index contributed by atoms with van der Waals surface area (Å²) in [5.74, 6) is 5.34. The lowest BCUT2D eigenvalue weighted by Crippen LogP contribution is -2.04. The van der Waals surface area contributed by atoms with E-state index < -0.39 is 0 Å². The summed E-state index contributed by atoms with van der Waals surface area (Å²) in [5.41, 5.74) is 9.09. The van der Waals surface area contributed by atoms with E-state index in [2.05, 4.69) is 242 Å². The van der Waals surface area contributed by atoms with E-state index in [4.69, 9.17) is 0 Å². The van der Waals surface area contributed by atoms with Crippen molar-refractivity contribution in [3.8, 4) is 0 Å². The maximum Gasteiger partial charge on any atom is 0.147 e. The molecular formula is C103H182N18. The van der Waals surface area contributed by atoms with Gasteiger partial charge in [-0.3, -0.25) is 0 Å². The van der Waals surface area contributed by atoms with Gasteiger partial charge in [-0.1, -0.05) is 394 Å². The zero-order valence-corrected chi connectivity index (χ0v) is 85.2. The van der Waals surface area contributed by atoms with E-state index in [-0.39, 0.29) is 0 Å². The number of rotatable bonds is 1. The van der Waals surface area contributed by atoms with Crippen LogP contribution in [0.1, 0.15) is 324 Å². The molecule has 0 amide bonds. The number of hydrogen-bond donors (Lipinski definition) is 0. The van der Waals surface area contributed by atoms with E-state index >= 15 is 0 Å². The highest BCUT2D eigenvalue weighted by molar-refractivity contribution is 5.85. The summed E-state index contributed by atoms with van der Waals surface area (Å²) in [6.07, 6.45) is 42.6. The Bertz CT molecular complexity index is 3030. The molecule has 0 N–H and O–H groups in total. The first-order chi connectivity index (χ1) is 59.0. The number of nitrogens with zero attached hydrogens (tertiary/aromatic N) is 18. The van der Waals surface area contributed by atoms with Gasteiger partial charge in [0.2, 0.25) is 0 Å². The van der Waals surface area contributed by atoms with Crippen molar-refractivity contribution in [2.24, 2.45) is 23.7 Å². The van der Waals surface area contributed by atoms with Crippen LogP contribution >= 0.6 is 0 Å². The lowest BCUT2D eigenvalue weighted by Gasteiger charge is -2.18. The molecule has 0 bridgehead atoms. The quantitative estimate of drug-likeness (QED) is 0.139. The predicted octanol–water partition coefficient (Wildman–Crippen LogP) is 30.8. The Balaban J connectivity index is -0.0000000926. The average molecular weight is 1670 g/mol. The van der Waals surface area contributed by atoms with E-state index in [1.165, 1.54) is 104 Å². The van der Waals surface area contributed by atoms with E-state index in [1.807, 2.05) is 272 Å². The van der Waals surface area contributed by atoms with Gasteiger partial charge in [-0.25, -0.2) is 49.8 Å². The first-order valence-corrected chi connectivity index (χ1v) is 45.4. The minimum Gasteiger partial charge on any atom is -0.245 e. The fourth-order valence-electron chi connectivity index (χ4n) is 6.24. The van der Waals surface area contributed by atoms with Crippen molar-refractivity contribution >= 4 is 10.8 Å². The van der Waals surface area contributed by atoms with E-state index in [1.54, 1.807) is 62.7 Å². The Morgan fingerprint density at radius 1 is 0.298 bits per heavy atom. The standard InChI is InChI=1S/C11H10.C8H10.C7H8.3C5H6N2.C5H10.C5H8.4C4H5N3.C4H8.C4H6.14C2H6/c1-9-5-4-7-10-6-2-3-8-11(9)10;1-2-8-6-4-3-5-7-8;1-7-5-3-2-4-6-7;1-5-2-6-4-7-3-5;1-5-2-3-6-4-7-5;1-5-2-3-6-7-4-5;2*1-5-3-2-4-5;1-4-6-2-5-3-7-4;1-4-2-6-7-3-5-4;1-4-2-5-3-6-7-4;1-4-5-2-3-6-7-4;2*1-4-2-3-4;14*1-2/h2-8H,1H3;3-7H,2H2,1H3;2-6H,1H3;3*2-4H,1H3;5H,2-4H2,1H3;2-3,5H,4H2,1H3;4*2-3H,1H3;4H,2-3H2,1H3;2-4H,1H3;14*1-2H3. The highest BCUT2D eigenvalue weighted by Crippen LogP contribution is 2.27. The SMILES string of the molecule is CC.CC.CC.CC.CC.CC.CC.CC.CC.CC.CC.CC.CC.CC.CC1C=C1.CC1C=CC1.CC1CC1.CC1CCC1.CCc1ccccc1.Cc1cccc2ccccc12.Cc1ccccc1.Cc1ccncn1.Cc1ccnnc1.Cc1cncnc1.Cc1cncnn1.Cc1cnncn1.Cc1nccnn1.Cc1ncncn1. The van der Waals surface area contributed by atoms with Gasteiger partial charge in [-0.05, 0) is 144 Å². The number of aromatic nitrogens is 18. The minimum atomic E-state index is 0.711. The molecule has 0 saturated heterocycles. The Labute approximate surface area is 746 Å². The van der Waals surface area contributed by atoms with Gasteiger partial charge in [0, 0.05) is 36.7 Å². The third-order valence-electron chi connectivity index (χ3n) is 12.6. The number of hydrogen-bond acceptors (Lipinski definition) is 18. The molecule has 0 aliphatic heterocycles. The first-order valence-electron chi connectivity index (χ1n) is 45.4. The minimum absolute atomic E-state index is 0.711. The molecule has 2 fully saturated rings. The largest absolute Gasteiger partial charge is 0.245 e. The average Bonchev–Trinajstić information content (AvgIpc) is 1.53. The highest BCUT2D eigenvalue weighted by Gasteiger charge is 2.12. The summed E-state index contributed by atoms with van der Waals surface area (Å²) < 4.78 is 0. The molecule has 18 nitrogen and oxygen atoms in total. The van der Waals surface area contributed by atoms with Gasteiger partial charge in [0.15, 0.2) is 0 Å². The molecule has 0 radical (unpaired) electrons. The number of fused-ring (bicyclic) bond motifs is 1. The molecule has 2 saturated carbocycles. The summed E-state index contributed by atoms with van der Waals surface area (Å²) >= 11 is 0. The summed E-state index contributed by atoms with van der Waals surface area (Å²) in [5, 5.41) is 31.3. The fraction of sp³-hybridized carbons (Fsp3) is 0.515. The fourth-order valence-corrected chi connectivity index (χ4v) is 6.24. The van der Waals surface area contributed by atoms with Gasteiger partial charge in [0.1, 0.15) is 49.6 Å². The van der Waals surface area contributed by atoms with Crippen LogP contribution < -0.4 is 0 Å². The van der Waals surface area contributed by atoms with E-state index in [0.29, 0.717) is 5.82 Å². The number of benzene rings is 4. The van der Waals surface area contributed by atoms with Crippen molar-refractivity contribution < 1.29 is 0 Å². The molecule has 4 aromatic carbocycles. The molecule has 4 aliphatic rings. The summed E-state index contributed by atoms with van der Waals surface area (Å²) in [4.78, 5) is 37.6. The zero-order valence-electron chi connectivity index (χ0n) is 85.2. The molecule has 15 rings (SSSR count). The van der Waals surface area contributed by atoms with Crippen molar-refractivity contribution in [2.45, 2.75) is 336 Å². The van der Waals surface area contributed by atoms with Crippen LogP contribution in [0.3, 0.4) is 0 Å². The van der Waals surface area contributed by atoms with Crippen LogP contribution in [0.2, 0.25) is 0 Å². The molecule has 4 aliphatic carbocycles. The molecule has 18 heteroatoms.